The first-order valence-electron chi connectivity index (χ1n) is 8.80. The number of amides is 1. The number of benzene rings is 1. The third kappa shape index (κ3) is 2.84. The Balaban J connectivity index is 1.76. The van der Waals surface area contributed by atoms with Gasteiger partial charge in [-0.15, -0.1) is 0 Å². The van der Waals surface area contributed by atoms with Gasteiger partial charge in [0.05, 0.1) is 22.6 Å². The second kappa shape index (κ2) is 6.25. The Labute approximate surface area is 147 Å². The summed E-state index contributed by atoms with van der Waals surface area (Å²) in [6.45, 7) is 3.73. The summed E-state index contributed by atoms with van der Waals surface area (Å²) in [5.41, 5.74) is 3.64. The van der Waals surface area contributed by atoms with Crippen LogP contribution in [0.1, 0.15) is 59.8 Å². The monoisotopic (exact) mass is 343 g/mol. The fraction of sp³-hybridized carbons (Fsp3) is 0.474. The number of likely N-dealkylation sites (tertiary alicyclic amines) is 1. The normalized spacial score (nSPS) is 18.0. The number of carbonyl (C=O) groups excluding carboxylic acids is 1. The van der Waals surface area contributed by atoms with E-state index in [1.165, 1.54) is 6.42 Å². The van der Waals surface area contributed by atoms with Crippen molar-refractivity contribution >= 4 is 17.5 Å². The Hall–Kier alpha value is -1.81. The number of carbonyl (C=O) groups is 1. The Morgan fingerprint density at radius 3 is 2.62 bits per heavy atom. The third-order valence-corrected chi connectivity index (χ3v) is 5.25. The highest BCUT2D eigenvalue weighted by Crippen LogP contribution is 2.42. The van der Waals surface area contributed by atoms with Crippen molar-refractivity contribution in [2.45, 2.75) is 44.9 Å². The molecule has 126 valence electrons. The maximum absolute atomic E-state index is 13.1. The van der Waals surface area contributed by atoms with Gasteiger partial charge < -0.3 is 4.90 Å². The van der Waals surface area contributed by atoms with Crippen molar-refractivity contribution in [1.82, 2.24) is 14.7 Å². The van der Waals surface area contributed by atoms with Crippen molar-refractivity contribution < 1.29 is 4.79 Å². The number of hydrogen-bond donors (Lipinski definition) is 0. The molecule has 2 aromatic rings. The van der Waals surface area contributed by atoms with Gasteiger partial charge >= 0.3 is 0 Å². The second-order valence-electron chi connectivity index (χ2n) is 6.86. The maximum Gasteiger partial charge on any atom is 0.257 e. The minimum absolute atomic E-state index is 0.155. The zero-order valence-electron chi connectivity index (χ0n) is 14.0. The van der Waals surface area contributed by atoms with Gasteiger partial charge in [-0.05, 0) is 57.2 Å². The van der Waals surface area contributed by atoms with Crippen molar-refractivity contribution in [3.63, 3.8) is 0 Å². The first kappa shape index (κ1) is 15.7. The van der Waals surface area contributed by atoms with E-state index in [-0.39, 0.29) is 5.91 Å². The first-order valence-corrected chi connectivity index (χ1v) is 9.17. The van der Waals surface area contributed by atoms with Crippen LogP contribution in [0.2, 0.25) is 5.02 Å². The quantitative estimate of drug-likeness (QED) is 0.831. The van der Waals surface area contributed by atoms with Crippen molar-refractivity contribution in [3.05, 3.63) is 46.2 Å². The molecule has 0 radical (unpaired) electrons. The summed E-state index contributed by atoms with van der Waals surface area (Å²) in [7, 11) is 0. The molecule has 0 unspecified atom stereocenters. The molecule has 0 atom stereocenters. The van der Waals surface area contributed by atoms with E-state index in [0.717, 1.165) is 61.4 Å². The molecule has 1 aliphatic heterocycles. The molecular formula is C19H22ClN3O. The Bertz CT molecular complexity index is 773. The SMILES string of the molecule is Cc1c(C(=O)N2CCCCC2)c(C2CC2)nn1-c1cccc(Cl)c1. The van der Waals surface area contributed by atoms with Gasteiger partial charge in [0, 0.05) is 24.0 Å². The van der Waals surface area contributed by atoms with Crippen LogP contribution >= 0.6 is 11.6 Å². The molecule has 4 rings (SSSR count). The Morgan fingerprint density at radius 1 is 1.21 bits per heavy atom. The Morgan fingerprint density at radius 2 is 1.96 bits per heavy atom. The lowest BCUT2D eigenvalue weighted by molar-refractivity contribution is 0.0722. The van der Waals surface area contributed by atoms with E-state index in [2.05, 4.69) is 0 Å². The van der Waals surface area contributed by atoms with Gasteiger partial charge in [-0.1, -0.05) is 17.7 Å². The lowest BCUT2D eigenvalue weighted by Gasteiger charge is -2.27. The van der Waals surface area contributed by atoms with Crippen LogP contribution in [-0.2, 0) is 0 Å². The summed E-state index contributed by atoms with van der Waals surface area (Å²) in [5, 5.41) is 5.49. The molecule has 1 saturated carbocycles. The van der Waals surface area contributed by atoms with Gasteiger partial charge in [-0.3, -0.25) is 4.79 Å². The standard InChI is InChI=1S/C19H22ClN3O/c1-13-17(19(24)22-10-3-2-4-11-22)18(14-8-9-14)21-23(13)16-7-5-6-15(20)12-16/h5-7,12,14H,2-4,8-11H2,1H3. The summed E-state index contributed by atoms with van der Waals surface area (Å²) in [5.74, 6) is 0.593. The number of piperidine rings is 1. The average molecular weight is 344 g/mol. The average Bonchev–Trinajstić information content (AvgIpc) is 3.38. The van der Waals surface area contributed by atoms with Crippen LogP contribution in [0, 0.1) is 6.92 Å². The lowest BCUT2D eigenvalue weighted by atomic mass is 10.1. The first-order chi connectivity index (χ1) is 11.6. The Kier molecular flexibility index (Phi) is 4.09. The summed E-state index contributed by atoms with van der Waals surface area (Å²) in [6, 6.07) is 7.65. The number of rotatable bonds is 3. The third-order valence-electron chi connectivity index (χ3n) is 5.02. The number of nitrogens with zero attached hydrogens (tertiary/aromatic N) is 3. The van der Waals surface area contributed by atoms with Crippen molar-refractivity contribution in [2.24, 2.45) is 0 Å². The highest BCUT2D eigenvalue weighted by Gasteiger charge is 2.35. The summed E-state index contributed by atoms with van der Waals surface area (Å²) >= 11 is 6.14. The van der Waals surface area contributed by atoms with Gasteiger partial charge in [0.25, 0.3) is 5.91 Å². The minimum Gasteiger partial charge on any atom is -0.339 e. The summed E-state index contributed by atoms with van der Waals surface area (Å²) in [4.78, 5) is 15.1. The molecular weight excluding hydrogens is 322 g/mol. The minimum atomic E-state index is 0.155. The van der Waals surface area contributed by atoms with E-state index < -0.39 is 0 Å². The van der Waals surface area contributed by atoms with Crippen molar-refractivity contribution in [2.75, 3.05) is 13.1 Å². The molecule has 0 N–H and O–H groups in total. The summed E-state index contributed by atoms with van der Waals surface area (Å²) in [6.07, 6.45) is 5.69. The van der Waals surface area contributed by atoms with Crippen LogP contribution in [0.15, 0.2) is 24.3 Å². The van der Waals surface area contributed by atoms with Crippen LogP contribution in [0.3, 0.4) is 0 Å². The van der Waals surface area contributed by atoms with Crippen LogP contribution in [-0.4, -0.2) is 33.7 Å². The van der Waals surface area contributed by atoms with Crippen LogP contribution in [0.25, 0.3) is 5.69 Å². The fourth-order valence-electron chi connectivity index (χ4n) is 3.55. The second-order valence-corrected chi connectivity index (χ2v) is 7.30. The van der Waals surface area contributed by atoms with E-state index in [1.807, 2.05) is 40.8 Å². The largest absolute Gasteiger partial charge is 0.339 e. The van der Waals surface area contributed by atoms with Crippen molar-refractivity contribution in [1.29, 1.82) is 0 Å². The van der Waals surface area contributed by atoms with Gasteiger partial charge in [0.1, 0.15) is 0 Å². The molecule has 5 heteroatoms. The van der Waals surface area contributed by atoms with Gasteiger partial charge in [0.15, 0.2) is 0 Å². The number of halogens is 1. The highest BCUT2D eigenvalue weighted by atomic mass is 35.5. The van der Waals surface area contributed by atoms with E-state index >= 15 is 0 Å². The molecule has 4 nitrogen and oxygen atoms in total. The molecule has 0 bridgehead atoms. The predicted octanol–water partition coefficient (Wildman–Crippen LogP) is 4.34. The molecule has 2 fully saturated rings. The molecule has 1 aliphatic carbocycles. The van der Waals surface area contributed by atoms with Crippen LogP contribution < -0.4 is 0 Å². The van der Waals surface area contributed by atoms with Gasteiger partial charge in [-0.25, -0.2) is 4.68 Å². The number of hydrogen-bond acceptors (Lipinski definition) is 2. The van der Waals surface area contributed by atoms with Crippen LogP contribution in [0.4, 0.5) is 0 Å². The van der Waals surface area contributed by atoms with E-state index in [0.29, 0.717) is 10.9 Å². The predicted molar refractivity (Wildman–Crippen MR) is 95.0 cm³/mol. The molecule has 2 heterocycles. The maximum atomic E-state index is 13.1. The number of aromatic nitrogens is 2. The molecule has 2 aliphatic rings. The highest BCUT2D eigenvalue weighted by molar-refractivity contribution is 6.30. The molecule has 1 aromatic carbocycles. The molecule has 24 heavy (non-hydrogen) atoms. The zero-order valence-corrected chi connectivity index (χ0v) is 14.7. The molecule has 1 aromatic heterocycles. The zero-order chi connectivity index (χ0) is 16.7. The van der Waals surface area contributed by atoms with E-state index in [4.69, 9.17) is 16.7 Å². The fourth-order valence-corrected chi connectivity index (χ4v) is 3.73. The van der Waals surface area contributed by atoms with Crippen LogP contribution in [0.5, 0.6) is 0 Å². The van der Waals surface area contributed by atoms with Gasteiger partial charge in [0.2, 0.25) is 0 Å². The topological polar surface area (TPSA) is 38.1 Å². The molecule has 1 saturated heterocycles. The molecule has 1 amide bonds. The summed E-state index contributed by atoms with van der Waals surface area (Å²) < 4.78 is 1.89. The van der Waals surface area contributed by atoms with Crippen molar-refractivity contribution in [3.8, 4) is 5.69 Å². The molecule has 0 spiro atoms. The van der Waals surface area contributed by atoms with Gasteiger partial charge in [-0.2, -0.15) is 5.10 Å². The van der Waals surface area contributed by atoms with E-state index in [9.17, 15) is 4.79 Å². The lowest BCUT2D eigenvalue weighted by Crippen LogP contribution is -2.36. The van der Waals surface area contributed by atoms with E-state index in [1.54, 1.807) is 0 Å². The smallest absolute Gasteiger partial charge is 0.257 e.